The van der Waals surface area contributed by atoms with E-state index in [4.69, 9.17) is 28.4 Å². The van der Waals surface area contributed by atoms with E-state index in [0.717, 1.165) is 31.4 Å². The molecule has 0 aliphatic carbocycles. The summed E-state index contributed by atoms with van der Waals surface area (Å²) in [5.41, 5.74) is -0.698. The zero-order chi connectivity index (χ0) is 35.2. The van der Waals surface area contributed by atoms with Gasteiger partial charge in [0.05, 0.1) is 26.9 Å². The molecule has 0 spiro atoms. The molecule has 1 unspecified atom stereocenters. The molecule has 1 heterocycles. The SMILES string of the molecule is CCOCCN(CCOCCCOC(=O)/C=C/C(=O)OCC(=O)N1CCCC1C(=O)OC(C)(C)C)C(=O)COC(=O)/C=C/C(=O)OC. The number of ether oxygens (including phenoxy) is 7. The second-order valence-corrected chi connectivity index (χ2v) is 10.9. The summed E-state index contributed by atoms with van der Waals surface area (Å²) < 4.78 is 35.3. The molecule has 0 aromatic heterocycles. The summed E-state index contributed by atoms with van der Waals surface area (Å²) in [6.45, 7) is 7.65. The zero-order valence-electron chi connectivity index (χ0n) is 27.7. The van der Waals surface area contributed by atoms with Gasteiger partial charge in [0, 0.05) is 63.6 Å². The van der Waals surface area contributed by atoms with E-state index < -0.39 is 66.5 Å². The number of rotatable bonds is 20. The van der Waals surface area contributed by atoms with E-state index in [-0.39, 0.29) is 39.5 Å². The molecule has 264 valence electrons. The van der Waals surface area contributed by atoms with Gasteiger partial charge in [-0.15, -0.1) is 0 Å². The Bertz CT molecular complexity index is 1130. The van der Waals surface area contributed by atoms with Crippen molar-refractivity contribution in [3.63, 3.8) is 0 Å². The Kier molecular flexibility index (Phi) is 19.3. The molecule has 1 atom stereocenters. The average molecular weight is 671 g/mol. The van der Waals surface area contributed by atoms with Crippen LogP contribution in [0.2, 0.25) is 0 Å². The highest BCUT2D eigenvalue weighted by Gasteiger charge is 2.37. The van der Waals surface area contributed by atoms with Crippen LogP contribution in [0.4, 0.5) is 0 Å². The van der Waals surface area contributed by atoms with Crippen molar-refractivity contribution < 1.29 is 66.7 Å². The third kappa shape index (κ3) is 18.4. The first-order valence-electron chi connectivity index (χ1n) is 15.2. The van der Waals surface area contributed by atoms with Crippen molar-refractivity contribution in [2.75, 3.05) is 73.0 Å². The fourth-order valence-corrected chi connectivity index (χ4v) is 3.90. The van der Waals surface area contributed by atoms with E-state index >= 15 is 0 Å². The molecule has 0 radical (unpaired) electrons. The summed E-state index contributed by atoms with van der Waals surface area (Å²) in [6, 6.07) is -0.738. The molecule has 1 saturated heterocycles. The van der Waals surface area contributed by atoms with Gasteiger partial charge in [-0.25, -0.2) is 24.0 Å². The van der Waals surface area contributed by atoms with Crippen LogP contribution in [0.5, 0.6) is 0 Å². The summed E-state index contributed by atoms with van der Waals surface area (Å²) in [5.74, 6) is -4.90. The molecule has 1 aliphatic heterocycles. The van der Waals surface area contributed by atoms with Crippen molar-refractivity contribution >= 4 is 41.7 Å². The van der Waals surface area contributed by atoms with E-state index in [1.807, 2.05) is 6.92 Å². The van der Waals surface area contributed by atoms with Gasteiger partial charge in [0.15, 0.2) is 13.2 Å². The molecule has 0 N–H and O–H groups in total. The summed E-state index contributed by atoms with van der Waals surface area (Å²) in [7, 11) is 1.15. The fourth-order valence-electron chi connectivity index (χ4n) is 3.90. The number of likely N-dealkylation sites (tertiary alicyclic amines) is 1. The predicted octanol–water partition coefficient (Wildman–Crippen LogP) is 0.506. The number of nitrogens with zero attached hydrogens (tertiary/aromatic N) is 2. The maximum atomic E-state index is 12.5. The summed E-state index contributed by atoms with van der Waals surface area (Å²) >= 11 is 0. The van der Waals surface area contributed by atoms with Gasteiger partial charge in [-0.2, -0.15) is 0 Å². The number of esters is 5. The molecule has 1 rings (SSSR count). The van der Waals surface area contributed by atoms with Gasteiger partial charge in [-0.1, -0.05) is 0 Å². The van der Waals surface area contributed by atoms with Crippen molar-refractivity contribution in [1.82, 2.24) is 9.80 Å². The smallest absolute Gasteiger partial charge is 0.331 e. The first kappa shape index (κ1) is 40.7. The minimum atomic E-state index is -0.928. The van der Waals surface area contributed by atoms with Crippen LogP contribution in [-0.2, 0) is 66.7 Å². The molecule has 0 aromatic carbocycles. The number of carbonyl (C=O) groups excluding carboxylic acids is 7. The Hall–Kier alpha value is -4.31. The Labute approximate surface area is 274 Å². The predicted molar refractivity (Wildman–Crippen MR) is 162 cm³/mol. The first-order valence-corrected chi connectivity index (χ1v) is 15.2. The lowest BCUT2D eigenvalue weighted by molar-refractivity contribution is -0.164. The summed E-state index contributed by atoms with van der Waals surface area (Å²) in [6.07, 6.45) is 4.83. The first-order chi connectivity index (χ1) is 22.3. The van der Waals surface area contributed by atoms with Gasteiger partial charge in [0.2, 0.25) is 0 Å². The van der Waals surface area contributed by atoms with Crippen LogP contribution in [-0.4, -0.2) is 136 Å². The minimum Gasteiger partial charge on any atom is -0.466 e. The van der Waals surface area contributed by atoms with Crippen LogP contribution in [0.15, 0.2) is 24.3 Å². The Morgan fingerprint density at radius 3 is 1.94 bits per heavy atom. The largest absolute Gasteiger partial charge is 0.466 e. The molecule has 1 fully saturated rings. The lowest BCUT2D eigenvalue weighted by Crippen LogP contribution is -2.45. The van der Waals surface area contributed by atoms with Gasteiger partial charge in [0.1, 0.15) is 11.6 Å². The zero-order valence-corrected chi connectivity index (χ0v) is 27.7. The summed E-state index contributed by atoms with van der Waals surface area (Å²) in [5, 5.41) is 0. The van der Waals surface area contributed by atoms with Gasteiger partial charge >= 0.3 is 29.8 Å². The molecule has 1 aliphatic rings. The van der Waals surface area contributed by atoms with Crippen LogP contribution in [0, 0.1) is 0 Å². The standard InChI is InChI=1S/C31H46N2O14/c1-6-42-19-15-32(24(34)21-45-28(38)11-10-26(36)41-5)16-20-43-17-8-18-44-27(37)12-13-29(39)46-22-25(35)33-14-7-9-23(33)30(40)47-31(2,3)4/h10-13,23H,6-9,14-22H2,1-5H3/b11-10+,13-12+. The number of carbonyl (C=O) groups is 7. The lowest BCUT2D eigenvalue weighted by Gasteiger charge is -2.27. The third-order valence-corrected chi connectivity index (χ3v) is 6.09. The second-order valence-electron chi connectivity index (χ2n) is 10.9. The van der Waals surface area contributed by atoms with E-state index in [1.54, 1.807) is 20.8 Å². The highest BCUT2D eigenvalue weighted by molar-refractivity contribution is 5.93. The van der Waals surface area contributed by atoms with Gasteiger partial charge in [-0.05, 0) is 40.5 Å². The maximum absolute atomic E-state index is 12.5. The van der Waals surface area contributed by atoms with Crippen LogP contribution in [0.1, 0.15) is 47.0 Å². The number of amides is 2. The normalized spacial score (nSPS) is 14.6. The van der Waals surface area contributed by atoms with E-state index in [0.29, 0.717) is 32.4 Å². The van der Waals surface area contributed by atoms with E-state index in [9.17, 15) is 33.6 Å². The second kappa shape index (κ2) is 22.3. The van der Waals surface area contributed by atoms with Crippen LogP contribution >= 0.6 is 0 Å². The van der Waals surface area contributed by atoms with Crippen LogP contribution in [0.3, 0.4) is 0 Å². The number of hydrogen-bond donors (Lipinski definition) is 0. The molecule has 2 amide bonds. The average Bonchev–Trinajstić information content (AvgIpc) is 3.52. The highest BCUT2D eigenvalue weighted by atomic mass is 16.6. The molecular weight excluding hydrogens is 624 g/mol. The summed E-state index contributed by atoms with van der Waals surface area (Å²) in [4.78, 5) is 86.7. The van der Waals surface area contributed by atoms with E-state index in [1.165, 1.54) is 9.80 Å². The van der Waals surface area contributed by atoms with Crippen LogP contribution < -0.4 is 0 Å². The Balaban J connectivity index is 2.32. The molecular formula is C31H46N2O14. The Morgan fingerprint density at radius 2 is 1.34 bits per heavy atom. The van der Waals surface area contributed by atoms with Crippen LogP contribution in [0.25, 0.3) is 0 Å². The van der Waals surface area contributed by atoms with Crippen molar-refractivity contribution in [2.45, 2.75) is 58.6 Å². The number of hydrogen-bond acceptors (Lipinski definition) is 14. The molecule has 0 saturated carbocycles. The fraction of sp³-hybridized carbons (Fsp3) is 0.645. The van der Waals surface area contributed by atoms with Crippen molar-refractivity contribution in [1.29, 1.82) is 0 Å². The molecule has 0 bridgehead atoms. The molecule has 0 aromatic rings. The molecule has 47 heavy (non-hydrogen) atoms. The van der Waals surface area contributed by atoms with Crippen molar-refractivity contribution in [3.8, 4) is 0 Å². The molecule has 16 heteroatoms. The van der Waals surface area contributed by atoms with E-state index in [2.05, 4.69) is 4.74 Å². The van der Waals surface area contributed by atoms with Gasteiger partial charge < -0.3 is 43.0 Å². The highest BCUT2D eigenvalue weighted by Crippen LogP contribution is 2.21. The van der Waals surface area contributed by atoms with Crippen molar-refractivity contribution in [2.24, 2.45) is 0 Å². The number of methoxy groups -OCH3 is 1. The van der Waals surface area contributed by atoms with Gasteiger partial charge in [-0.3, -0.25) is 9.59 Å². The van der Waals surface area contributed by atoms with Crippen molar-refractivity contribution in [3.05, 3.63) is 24.3 Å². The minimum absolute atomic E-state index is 0.0141. The Morgan fingerprint density at radius 1 is 0.766 bits per heavy atom. The van der Waals surface area contributed by atoms with Gasteiger partial charge in [0.25, 0.3) is 11.8 Å². The maximum Gasteiger partial charge on any atom is 0.331 e. The monoisotopic (exact) mass is 670 g/mol. The quantitative estimate of drug-likeness (QED) is 0.0753. The lowest BCUT2D eigenvalue weighted by atomic mass is 10.1. The topological polar surface area (TPSA) is 191 Å². The molecule has 16 nitrogen and oxygen atoms in total. The third-order valence-electron chi connectivity index (χ3n) is 6.09.